The summed E-state index contributed by atoms with van der Waals surface area (Å²) < 4.78 is 42.1. The molecule has 0 aromatic heterocycles. The number of benzene rings is 3. The van der Waals surface area contributed by atoms with Crippen LogP contribution in [0.1, 0.15) is 21.5 Å². The van der Waals surface area contributed by atoms with E-state index >= 15 is 0 Å². The number of rotatable bonds is 4. The summed E-state index contributed by atoms with van der Waals surface area (Å²) in [7, 11) is 0. The first-order valence-corrected chi connectivity index (χ1v) is 8.07. The third-order valence-corrected chi connectivity index (χ3v) is 3.54. The quantitative estimate of drug-likeness (QED) is 0.618. The lowest BCUT2D eigenvalue weighted by Gasteiger charge is -2.10. The van der Waals surface area contributed by atoms with Gasteiger partial charge in [-0.3, -0.25) is 4.79 Å². The molecule has 3 rings (SSSR count). The van der Waals surface area contributed by atoms with Crippen LogP contribution in [0, 0.1) is 0 Å². The number of hydrogen-bond acceptors (Lipinski definition) is 3. The van der Waals surface area contributed by atoms with E-state index in [4.69, 9.17) is 10.5 Å². The predicted molar refractivity (Wildman–Crippen MR) is 97.7 cm³/mol. The molecule has 0 saturated carbocycles. The number of nitrogens with two attached hydrogens (primary N) is 1. The molecule has 0 atom stereocenters. The average molecular weight is 373 g/mol. The van der Waals surface area contributed by atoms with Crippen molar-refractivity contribution in [2.75, 3.05) is 0 Å². The van der Waals surface area contributed by atoms with Gasteiger partial charge in [-0.15, -0.1) is 0 Å². The van der Waals surface area contributed by atoms with Crippen molar-refractivity contribution in [2.45, 2.75) is 12.7 Å². The first-order chi connectivity index (χ1) is 12.9. The highest BCUT2D eigenvalue weighted by Crippen LogP contribution is 2.31. The van der Waals surface area contributed by atoms with Crippen molar-refractivity contribution in [1.82, 2.24) is 0 Å². The molecule has 3 nitrogen and oxygen atoms in total. The van der Waals surface area contributed by atoms with Gasteiger partial charge in [-0.2, -0.15) is 13.2 Å². The van der Waals surface area contributed by atoms with Gasteiger partial charge < -0.3 is 10.5 Å². The number of carbonyl (C=O) groups excluding carboxylic acids is 1. The van der Waals surface area contributed by atoms with Crippen molar-refractivity contribution < 1.29 is 22.7 Å². The van der Waals surface area contributed by atoms with E-state index in [0.717, 1.165) is 23.9 Å². The summed E-state index contributed by atoms with van der Waals surface area (Å²) in [6, 6.07) is 21.8. The Kier molecular flexibility index (Phi) is 7.14. The molecule has 0 fully saturated rings. The standard InChI is InChI=1S/C13H10O2.C8H8F3N/c14-10-11-6-8-13(9-7-11)15-12-4-2-1-3-5-12;9-8(10,11)7-4-2-1-3-6(7)5-12/h1-10H;1-4H,5,12H2. The molecule has 0 radical (unpaired) electrons. The summed E-state index contributed by atoms with van der Waals surface area (Å²) in [4.78, 5) is 10.4. The van der Waals surface area contributed by atoms with Crippen LogP contribution in [0.2, 0.25) is 0 Å². The smallest absolute Gasteiger partial charge is 0.416 e. The van der Waals surface area contributed by atoms with Crippen LogP contribution in [-0.4, -0.2) is 6.29 Å². The molecule has 2 N–H and O–H groups in total. The van der Waals surface area contributed by atoms with Crippen LogP contribution < -0.4 is 10.5 Å². The van der Waals surface area contributed by atoms with Crippen molar-refractivity contribution in [3.8, 4) is 11.5 Å². The second-order valence-corrected chi connectivity index (χ2v) is 5.46. The zero-order chi connectivity index (χ0) is 19.7. The highest BCUT2D eigenvalue weighted by Gasteiger charge is 2.32. The Bertz CT molecular complexity index is 847. The van der Waals surface area contributed by atoms with Crippen LogP contribution in [-0.2, 0) is 12.7 Å². The number of halogens is 3. The summed E-state index contributed by atoms with van der Waals surface area (Å²) in [6.45, 7) is -0.0876. The van der Waals surface area contributed by atoms with E-state index in [1.54, 1.807) is 24.3 Å². The van der Waals surface area contributed by atoms with Crippen LogP contribution in [0.25, 0.3) is 0 Å². The minimum absolute atomic E-state index is 0.0876. The molecule has 0 spiro atoms. The predicted octanol–water partition coefficient (Wildman–Crippen LogP) is 5.46. The van der Waals surface area contributed by atoms with E-state index < -0.39 is 11.7 Å². The first-order valence-electron chi connectivity index (χ1n) is 8.07. The second-order valence-electron chi connectivity index (χ2n) is 5.46. The molecule has 3 aromatic carbocycles. The molecule has 0 amide bonds. The number of para-hydroxylation sites is 1. The van der Waals surface area contributed by atoms with E-state index in [1.165, 1.54) is 18.2 Å². The average Bonchev–Trinajstić information content (AvgIpc) is 2.69. The van der Waals surface area contributed by atoms with E-state index in [2.05, 4.69) is 0 Å². The van der Waals surface area contributed by atoms with Crippen LogP contribution in [0.3, 0.4) is 0 Å². The van der Waals surface area contributed by atoms with Crippen LogP contribution in [0.5, 0.6) is 11.5 Å². The molecular weight excluding hydrogens is 355 g/mol. The van der Waals surface area contributed by atoms with Crippen molar-refractivity contribution in [1.29, 1.82) is 0 Å². The third-order valence-electron chi connectivity index (χ3n) is 3.54. The molecule has 0 aliphatic rings. The lowest BCUT2D eigenvalue weighted by atomic mass is 10.1. The monoisotopic (exact) mass is 373 g/mol. The lowest BCUT2D eigenvalue weighted by Crippen LogP contribution is -2.11. The van der Waals surface area contributed by atoms with E-state index in [1.807, 2.05) is 30.3 Å². The maximum Gasteiger partial charge on any atom is 0.416 e. The fourth-order valence-corrected chi connectivity index (χ4v) is 2.21. The molecule has 6 heteroatoms. The summed E-state index contributed by atoms with van der Waals surface area (Å²) in [5.74, 6) is 1.52. The van der Waals surface area contributed by atoms with Crippen molar-refractivity contribution in [2.24, 2.45) is 5.73 Å². The Morgan fingerprint density at radius 2 is 1.37 bits per heavy atom. The molecule has 3 aromatic rings. The highest BCUT2D eigenvalue weighted by molar-refractivity contribution is 5.74. The van der Waals surface area contributed by atoms with Gasteiger partial charge in [0, 0.05) is 12.1 Å². The van der Waals surface area contributed by atoms with Crippen molar-refractivity contribution in [3.63, 3.8) is 0 Å². The molecule has 0 aliphatic heterocycles. The minimum Gasteiger partial charge on any atom is -0.457 e. The summed E-state index contributed by atoms with van der Waals surface area (Å²) in [5.41, 5.74) is 5.28. The number of aldehydes is 1. The highest BCUT2D eigenvalue weighted by atomic mass is 19.4. The van der Waals surface area contributed by atoms with Gasteiger partial charge in [0.15, 0.2) is 0 Å². The fourth-order valence-electron chi connectivity index (χ4n) is 2.21. The van der Waals surface area contributed by atoms with Gasteiger partial charge in [0.2, 0.25) is 0 Å². The Balaban J connectivity index is 0.000000199. The van der Waals surface area contributed by atoms with Crippen molar-refractivity contribution >= 4 is 6.29 Å². The topological polar surface area (TPSA) is 52.3 Å². The Labute approximate surface area is 155 Å². The zero-order valence-electron chi connectivity index (χ0n) is 14.3. The van der Waals surface area contributed by atoms with Crippen LogP contribution in [0.4, 0.5) is 13.2 Å². The summed E-state index contributed by atoms with van der Waals surface area (Å²) >= 11 is 0. The Morgan fingerprint density at radius 3 is 1.89 bits per heavy atom. The Morgan fingerprint density at radius 1 is 0.815 bits per heavy atom. The maximum absolute atomic E-state index is 12.2. The van der Waals surface area contributed by atoms with Crippen molar-refractivity contribution in [3.05, 3.63) is 95.6 Å². The van der Waals surface area contributed by atoms with Gasteiger partial charge >= 0.3 is 6.18 Å². The minimum atomic E-state index is -4.30. The number of ether oxygens (including phenoxy) is 1. The van der Waals surface area contributed by atoms with Crippen LogP contribution >= 0.6 is 0 Å². The molecule has 0 aliphatic carbocycles. The largest absolute Gasteiger partial charge is 0.457 e. The summed E-state index contributed by atoms with van der Waals surface area (Å²) in [6.07, 6.45) is -3.48. The molecular formula is C21H18F3NO2. The van der Waals surface area contributed by atoms with E-state index in [9.17, 15) is 18.0 Å². The number of alkyl halides is 3. The van der Waals surface area contributed by atoms with Gasteiger partial charge in [0.25, 0.3) is 0 Å². The molecule has 0 saturated heterocycles. The Hall–Kier alpha value is -3.12. The third kappa shape index (κ3) is 6.27. The zero-order valence-corrected chi connectivity index (χ0v) is 14.3. The first kappa shape index (κ1) is 20.2. The molecule has 0 unspecified atom stereocenters. The fraction of sp³-hybridized carbons (Fsp3) is 0.0952. The van der Waals surface area contributed by atoms with Gasteiger partial charge in [-0.05, 0) is 48.0 Å². The van der Waals surface area contributed by atoms with Gasteiger partial charge in [0.05, 0.1) is 5.56 Å². The molecule has 140 valence electrons. The molecule has 0 bridgehead atoms. The van der Waals surface area contributed by atoms with E-state index in [-0.39, 0.29) is 12.1 Å². The second kappa shape index (κ2) is 9.54. The van der Waals surface area contributed by atoms with Crippen LogP contribution in [0.15, 0.2) is 78.9 Å². The summed E-state index contributed by atoms with van der Waals surface area (Å²) in [5, 5.41) is 0. The van der Waals surface area contributed by atoms with Gasteiger partial charge in [-0.1, -0.05) is 36.4 Å². The lowest BCUT2D eigenvalue weighted by molar-refractivity contribution is -0.138. The maximum atomic E-state index is 12.2. The number of hydrogen-bond donors (Lipinski definition) is 1. The number of carbonyl (C=O) groups is 1. The normalized spacial score (nSPS) is 10.5. The van der Waals surface area contributed by atoms with E-state index in [0.29, 0.717) is 5.56 Å². The van der Waals surface area contributed by atoms with Gasteiger partial charge in [0.1, 0.15) is 17.8 Å². The molecule has 0 heterocycles. The molecule has 27 heavy (non-hydrogen) atoms. The van der Waals surface area contributed by atoms with Gasteiger partial charge in [-0.25, -0.2) is 0 Å². The SMILES string of the molecule is NCc1ccccc1C(F)(F)F.O=Cc1ccc(Oc2ccccc2)cc1.